The molecule has 1 aromatic carbocycles. The quantitative estimate of drug-likeness (QED) is 0.784. The summed E-state index contributed by atoms with van der Waals surface area (Å²) in [6, 6.07) is 10.1. The second-order valence-corrected chi connectivity index (χ2v) is 5.55. The first kappa shape index (κ1) is 16.0. The summed E-state index contributed by atoms with van der Waals surface area (Å²) in [5, 5.41) is 10.3. The molecule has 1 aliphatic rings. The normalized spacial score (nSPS) is 20.4. The Kier molecular flexibility index (Phi) is 6.21. The van der Waals surface area contributed by atoms with Gasteiger partial charge in [-0.05, 0) is 38.3 Å². The Morgan fingerprint density at radius 3 is 2.90 bits per heavy atom. The average Bonchev–Trinajstić information content (AvgIpc) is 2.93. The third-order valence-corrected chi connectivity index (χ3v) is 4.09. The predicted molar refractivity (Wildman–Crippen MR) is 81.9 cm³/mol. The number of benzene rings is 1. The van der Waals surface area contributed by atoms with Crippen LogP contribution in [-0.4, -0.2) is 41.7 Å². The first-order valence-corrected chi connectivity index (χ1v) is 7.83. The number of carbonyl (C=O) groups excluding carboxylic acids is 1. The lowest BCUT2D eigenvalue weighted by Crippen LogP contribution is -2.33. The lowest BCUT2D eigenvalue weighted by molar-refractivity contribution is -0.143. The van der Waals surface area contributed by atoms with Crippen LogP contribution in [0.1, 0.15) is 44.3 Å². The van der Waals surface area contributed by atoms with Crippen molar-refractivity contribution in [1.82, 2.24) is 4.90 Å². The van der Waals surface area contributed by atoms with Crippen molar-refractivity contribution in [2.24, 2.45) is 0 Å². The minimum Gasteiger partial charge on any atom is -0.466 e. The molecule has 0 aromatic heterocycles. The zero-order valence-electron chi connectivity index (χ0n) is 12.7. The van der Waals surface area contributed by atoms with Gasteiger partial charge in [0.05, 0.1) is 19.1 Å². The summed E-state index contributed by atoms with van der Waals surface area (Å²) in [6.07, 6.45) is 2.96. The first-order valence-electron chi connectivity index (χ1n) is 7.83. The van der Waals surface area contributed by atoms with Gasteiger partial charge < -0.3 is 9.84 Å². The Labute approximate surface area is 126 Å². The Morgan fingerprint density at radius 2 is 2.19 bits per heavy atom. The predicted octanol–water partition coefficient (Wildman–Crippen LogP) is 2.53. The van der Waals surface area contributed by atoms with E-state index in [1.165, 1.54) is 0 Å². The Bertz CT molecular complexity index is 435. The lowest BCUT2D eigenvalue weighted by Gasteiger charge is -2.26. The number of likely N-dealkylation sites (tertiary alicyclic amines) is 1. The molecule has 116 valence electrons. The van der Waals surface area contributed by atoms with Crippen LogP contribution < -0.4 is 0 Å². The molecule has 1 saturated heterocycles. The second kappa shape index (κ2) is 8.15. The van der Waals surface area contributed by atoms with Crippen LogP contribution in [-0.2, 0) is 9.53 Å². The highest BCUT2D eigenvalue weighted by molar-refractivity contribution is 5.69. The first-order chi connectivity index (χ1) is 10.2. The van der Waals surface area contributed by atoms with E-state index in [4.69, 9.17) is 4.74 Å². The number of ether oxygens (including phenoxy) is 1. The molecule has 0 bridgehead atoms. The van der Waals surface area contributed by atoms with Crippen molar-refractivity contribution in [2.75, 3.05) is 19.7 Å². The van der Waals surface area contributed by atoms with Crippen LogP contribution in [0.25, 0.3) is 0 Å². The zero-order chi connectivity index (χ0) is 15.1. The third-order valence-electron chi connectivity index (χ3n) is 4.09. The highest BCUT2D eigenvalue weighted by Crippen LogP contribution is 2.27. The Morgan fingerprint density at radius 1 is 1.43 bits per heavy atom. The maximum atomic E-state index is 11.5. The smallest absolute Gasteiger partial charge is 0.307 e. The molecule has 0 amide bonds. The molecule has 1 fully saturated rings. The molecule has 21 heavy (non-hydrogen) atoms. The number of hydrogen-bond donors (Lipinski definition) is 1. The van der Waals surface area contributed by atoms with E-state index >= 15 is 0 Å². The number of aliphatic hydroxyl groups is 1. The summed E-state index contributed by atoms with van der Waals surface area (Å²) in [7, 11) is 0. The average molecular weight is 291 g/mol. The summed E-state index contributed by atoms with van der Waals surface area (Å²) < 4.78 is 4.97. The molecule has 1 heterocycles. The van der Waals surface area contributed by atoms with Gasteiger partial charge in [-0.1, -0.05) is 30.3 Å². The third kappa shape index (κ3) is 4.83. The topological polar surface area (TPSA) is 49.8 Å². The molecule has 0 spiro atoms. The van der Waals surface area contributed by atoms with Crippen molar-refractivity contribution in [1.29, 1.82) is 0 Å². The molecule has 1 N–H and O–H groups in total. The van der Waals surface area contributed by atoms with Gasteiger partial charge in [0.2, 0.25) is 0 Å². The molecule has 4 heteroatoms. The number of hydrogen-bond acceptors (Lipinski definition) is 4. The van der Waals surface area contributed by atoms with Crippen molar-refractivity contribution in [2.45, 2.75) is 44.8 Å². The summed E-state index contributed by atoms with van der Waals surface area (Å²) >= 11 is 0. The van der Waals surface area contributed by atoms with Gasteiger partial charge in [-0.2, -0.15) is 0 Å². The number of nitrogens with zero attached hydrogens (tertiary/aromatic N) is 1. The molecule has 0 aliphatic carbocycles. The molecule has 2 rings (SSSR count). The van der Waals surface area contributed by atoms with Crippen molar-refractivity contribution >= 4 is 5.97 Å². The monoisotopic (exact) mass is 291 g/mol. The van der Waals surface area contributed by atoms with E-state index in [0.29, 0.717) is 19.1 Å². The maximum Gasteiger partial charge on any atom is 0.307 e. The van der Waals surface area contributed by atoms with Crippen LogP contribution in [0.4, 0.5) is 0 Å². The van der Waals surface area contributed by atoms with E-state index in [0.717, 1.165) is 37.9 Å². The van der Waals surface area contributed by atoms with Crippen molar-refractivity contribution in [3.8, 4) is 0 Å². The van der Waals surface area contributed by atoms with Crippen molar-refractivity contribution in [3.63, 3.8) is 0 Å². The SMILES string of the molecule is CCOC(=O)CCN1CCCC1CC(O)c1ccccc1. The van der Waals surface area contributed by atoms with Gasteiger partial charge in [0.1, 0.15) is 0 Å². The highest BCUT2D eigenvalue weighted by Gasteiger charge is 2.27. The van der Waals surface area contributed by atoms with E-state index in [9.17, 15) is 9.90 Å². The number of esters is 1. The number of aliphatic hydroxyl groups excluding tert-OH is 1. The van der Waals surface area contributed by atoms with Gasteiger partial charge in [0.15, 0.2) is 0 Å². The van der Waals surface area contributed by atoms with Crippen LogP contribution in [0.2, 0.25) is 0 Å². The highest BCUT2D eigenvalue weighted by atomic mass is 16.5. The summed E-state index contributed by atoms with van der Waals surface area (Å²) in [5.41, 5.74) is 0.967. The molecule has 1 aromatic rings. The Balaban J connectivity index is 1.83. The van der Waals surface area contributed by atoms with Gasteiger partial charge >= 0.3 is 5.97 Å². The van der Waals surface area contributed by atoms with Gasteiger partial charge in [-0.25, -0.2) is 0 Å². The molecule has 2 unspecified atom stereocenters. The molecular formula is C17H25NO3. The number of rotatable bonds is 7. The van der Waals surface area contributed by atoms with Gasteiger partial charge in [-0.3, -0.25) is 9.69 Å². The minimum absolute atomic E-state index is 0.133. The zero-order valence-corrected chi connectivity index (χ0v) is 12.7. The number of carbonyl (C=O) groups is 1. The fraction of sp³-hybridized carbons (Fsp3) is 0.588. The summed E-state index contributed by atoms with van der Waals surface area (Å²) in [5.74, 6) is -0.133. The lowest BCUT2D eigenvalue weighted by atomic mass is 10.0. The fourth-order valence-electron chi connectivity index (χ4n) is 2.99. The van der Waals surface area contributed by atoms with Crippen LogP contribution >= 0.6 is 0 Å². The molecule has 4 nitrogen and oxygen atoms in total. The minimum atomic E-state index is -0.431. The van der Waals surface area contributed by atoms with Crippen molar-refractivity contribution in [3.05, 3.63) is 35.9 Å². The van der Waals surface area contributed by atoms with E-state index in [-0.39, 0.29) is 5.97 Å². The van der Waals surface area contributed by atoms with Gasteiger partial charge in [0.25, 0.3) is 0 Å². The largest absolute Gasteiger partial charge is 0.466 e. The van der Waals surface area contributed by atoms with Crippen LogP contribution in [0.5, 0.6) is 0 Å². The standard InChI is InChI=1S/C17H25NO3/c1-2-21-17(20)10-12-18-11-6-9-15(18)13-16(19)14-7-4-3-5-8-14/h3-5,7-8,15-16,19H,2,6,9-13H2,1H3. The fourth-order valence-corrected chi connectivity index (χ4v) is 2.99. The second-order valence-electron chi connectivity index (χ2n) is 5.55. The van der Waals surface area contributed by atoms with Crippen LogP contribution in [0, 0.1) is 0 Å². The molecule has 1 aliphatic heterocycles. The van der Waals surface area contributed by atoms with E-state index in [1.807, 2.05) is 37.3 Å². The van der Waals surface area contributed by atoms with Gasteiger partial charge in [-0.15, -0.1) is 0 Å². The van der Waals surface area contributed by atoms with Crippen LogP contribution in [0.3, 0.4) is 0 Å². The summed E-state index contributed by atoms with van der Waals surface area (Å²) in [4.78, 5) is 13.8. The summed E-state index contributed by atoms with van der Waals surface area (Å²) in [6.45, 7) is 4.00. The molecule has 2 atom stereocenters. The van der Waals surface area contributed by atoms with E-state index in [2.05, 4.69) is 4.90 Å². The van der Waals surface area contributed by atoms with Crippen LogP contribution in [0.15, 0.2) is 30.3 Å². The molecule has 0 radical (unpaired) electrons. The van der Waals surface area contributed by atoms with E-state index < -0.39 is 6.10 Å². The molecule has 0 saturated carbocycles. The molecular weight excluding hydrogens is 266 g/mol. The van der Waals surface area contributed by atoms with Crippen molar-refractivity contribution < 1.29 is 14.6 Å². The maximum absolute atomic E-state index is 11.5. The van der Waals surface area contributed by atoms with E-state index in [1.54, 1.807) is 0 Å². The Hall–Kier alpha value is -1.39. The van der Waals surface area contributed by atoms with Gasteiger partial charge in [0, 0.05) is 12.6 Å².